The van der Waals surface area contributed by atoms with E-state index in [4.69, 9.17) is 22.3 Å². The van der Waals surface area contributed by atoms with Crippen LogP contribution in [0.2, 0.25) is 0 Å². The molecule has 0 amide bonds. The second kappa shape index (κ2) is 6.59. The van der Waals surface area contributed by atoms with E-state index in [0.717, 1.165) is 6.21 Å². The van der Waals surface area contributed by atoms with Crippen molar-refractivity contribution in [2.45, 2.75) is 18.3 Å². The van der Waals surface area contributed by atoms with E-state index in [1.807, 2.05) is 0 Å². The normalized spacial score (nSPS) is 17.0. The van der Waals surface area contributed by atoms with Crippen molar-refractivity contribution < 1.29 is 21.6 Å². The van der Waals surface area contributed by atoms with Gasteiger partial charge in [-0.3, -0.25) is 0 Å². The monoisotopic (exact) mass is 411 g/mol. The summed E-state index contributed by atoms with van der Waals surface area (Å²) in [7, 11) is -3.57. The number of alkyl halides is 3. The first kappa shape index (κ1) is 19.8. The molecule has 0 bridgehead atoms. The summed E-state index contributed by atoms with van der Waals surface area (Å²) in [6.07, 6.45) is -3.45. The maximum absolute atomic E-state index is 13.2. The number of allylic oxidation sites excluding steroid dienone is 2. The average molecular weight is 411 g/mol. The fourth-order valence-electron chi connectivity index (χ4n) is 3.30. The molecule has 7 nitrogen and oxygen atoms in total. The van der Waals surface area contributed by atoms with Crippen molar-refractivity contribution in [2.75, 3.05) is 11.5 Å². The highest BCUT2D eigenvalue weighted by molar-refractivity contribution is 7.90. The summed E-state index contributed by atoms with van der Waals surface area (Å²) in [6.45, 7) is 0. The van der Waals surface area contributed by atoms with E-state index >= 15 is 0 Å². The second-order valence-electron chi connectivity index (χ2n) is 6.34. The molecule has 1 aliphatic rings. The predicted octanol–water partition coefficient (Wildman–Crippen LogP) is 2.17. The van der Waals surface area contributed by atoms with Crippen LogP contribution in [0.15, 0.2) is 17.8 Å². The second-order valence-corrected chi connectivity index (χ2v) is 8.52. The topological polar surface area (TPSA) is 147 Å². The fourth-order valence-corrected chi connectivity index (χ4v) is 4.71. The van der Waals surface area contributed by atoms with Gasteiger partial charge in [-0.05, 0) is 29.7 Å². The molecule has 28 heavy (non-hydrogen) atoms. The van der Waals surface area contributed by atoms with E-state index in [0.29, 0.717) is 22.7 Å². The quantitative estimate of drug-likeness (QED) is 0.451. The van der Waals surface area contributed by atoms with Crippen LogP contribution in [0.25, 0.3) is 16.5 Å². The average Bonchev–Trinajstić information content (AvgIpc) is 2.61. The third-order valence-electron chi connectivity index (χ3n) is 4.61. The van der Waals surface area contributed by atoms with Gasteiger partial charge in [0, 0.05) is 34.6 Å². The van der Waals surface area contributed by atoms with Crippen LogP contribution in [0.5, 0.6) is 0 Å². The molecule has 148 valence electrons. The van der Waals surface area contributed by atoms with Gasteiger partial charge in [0.1, 0.15) is 5.70 Å². The van der Waals surface area contributed by atoms with Crippen LogP contribution >= 0.6 is 0 Å². The number of fused-ring (bicyclic) bond motifs is 3. The van der Waals surface area contributed by atoms with Crippen molar-refractivity contribution in [3.63, 3.8) is 0 Å². The molecule has 0 aliphatic carbocycles. The molecule has 0 spiro atoms. The molecule has 6 N–H and O–H groups in total. The minimum absolute atomic E-state index is 0.0329. The van der Waals surface area contributed by atoms with E-state index in [2.05, 4.69) is 4.98 Å². The molecular weight excluding hydrogens is 395 g/mol. The lowest BCUT2D eigenvalue weighted by atomic mass is 9.92. The zero-order chi connectivity index (χ0) is 20.9. The predicted molar refractivity (Wildman–Crippen MR) is 101 cm³/mol. The van der Waals surface area contributed by atoms with E-state index < -0.39 is 33.0 Å². The first-order chi connectivity index (χ1) is 13.0. The summed E-state index contributed by atoms with van der Waals surface area (Å²) >= 11 is 0. The number of benzene rings is 1. The van der Waals surface area contributed by atoms with Gasteiger partial charge in [-0.2, -0.15) is 13.2 Å². The lowest BCUT2D eigenvalue weighted by molar-refractivity contribution is -0.0919. The molecule has 1 aromatic carbocycles. The third-order valence-corrected chi connectivity index (χ3v) is 6.16. The van der Waals surface area contributed by atoms with Crippen molar-refractivity contribution in [3.05, 3.63) is 40.2 Å². The number of aryl methyl sites for hydroxylation is 1. The first-order valence-corrected chi connectivity index (χ1v) is 9.85. The zero-order valence-corrected chi connectivity index (χ0v) is 15.2. The number of nitrogen functional groups attached to an aromatic ring is 1. The number of anilines is 1. The molecule has 2 aromatic rings. The standard InChI is InChI=1S/C17H16F3N5O2S/c18-17(19,20)16(24)10(6-22)15-11-7-28(26,27)4-3-8(11)14-9(5-21)12(23)1-2-13(14)25-15/h1-2,5-6,21-22H,3-4,7,23-24H2. The molecule has 0 saturated carbocycles. The number of rotatable bonds is 3. The van der Waals surface area contributed by atoms with Gasteiger partial charge in [0.25, 0.3) is 0 Å². The Morgan fingerprint density at radius 2 is 1.89 bits per heavy atom. The number of pyridine rings is 1. The fraction of sp³-hybridized carbons (Fsp3) is 0.235. The Morgan fingerprint density at radius 3 is 2.46 bits per heavy atom. The number of halogens is 3. The molecule has 11 heteroatoms. The van der Waals surface area contributed by atoms with Gasteiger partial charge in [0.05, 0.1) is 22.7 Å². The summed E-state index contributed by atoms with van der Waals surface area (Å²) in [5.74, 6) is -0.724. The third kappa shape index (κ3) is 3.21. The van der Waals surface area contributed by atoms with Crippen molar-refractivity contribution in [2.24, 2.45) is 5.73 Å². The van der Waals surface area contributed by atoms with E-state index in [9.17, 15) is 21.6 Å². The molecule has 0 radical (unpaired) electrons. The highest BCUT2D eigenvalue weighted by atomic mass is 32.2. The first-order valence-electron chi connectivity index (χ1n) is 8.02. The Hall–Kier alpha value is -2.95. The molecule has 0 unspecified atom stereocenters. The molecule has 0 atom stereocenters. The van der Waals surface area contributed by atoms with E-state index in [1.54, 1.807) is 0 Å². The Morgan fingerprint density at radius 1 is 1.21 bits per heavy atom. The van der Waals surface area contributed by atoms with Crippen LogP contribution in [0.4, 0.5) is 18.9 Å². The number of hydrogen-bond acceptors (Lipinski definition) is 7. The number of aromatic nitrogens is 1. The van der Waals surface area contributed by atoms with E-state index in [-0.39, 0.29) is 34.6 Å². The van der Waals surface area contributed by atoms with Gasteiger partial charge in [-0.1, -0.05) is 0 Å². The Balaban J connectivity index is 2.51. The summed E-state index contributed by atoms with van der Waals surface area (Å²) in [4.78, 5) is 4.20. The SMILES string of the molecule is N=CC(=C(N)C(F)(F)F)c1nc2ccc(N)c(C=N)c2c2c1CS(=O)(=O)CC2. The van der Waals surface area contributed by atoms with Crippen LogP contribution in [-0.4, -0.2) is 37.8 Å². The molecule has 0 saturated heterocycles. The minimum atomic E-state index is -4.91. The number of nitrogens with one attached hydrogen (secondary N) is 2. The van der Waals surface area contributed by atoms with Gasteiger partial charge >= 0.3 is 6.18 Å². The summed E-state index contributed by atoms with van der Waals surface area (Å²) in [5, 5.41) is 15.5. The zero-order valence-electron chi connectivity index (χ0n) is 14.4. The highest BCUT2D eigenvalue weighted by Crippen LogP contribution is 2.37. The van der Waals surface area contributed by atoms with Gasteiger partial charge in [0.15, 0.2) is 9.84 Å². The number of hydrogen-bond donors (Lipinski definition) is 4. The smallest absolute Gasteiger partial charge is 0.398 e. The molecule has 1 aliphatic heterocycles. The van der Waals surface area contributed by atoms with Crippen LogP contribution in [0.3, 0.4) is 0 Å². The van der Waals surface area contributed by atoms with Gasteiger partial charge < -0.3 is 22.3 Å². The van der Waals surface area contributed by atoms with Crippen LogP contribution in [0, 0.1) is 10.8 Å². The molecule has 0 fully saturated rings. The van der Waals surface area contributed by atoms with Gasteiger partial charge in [-0.25, -0.2) is 13.4 Å². The summed E-state index contributed by atoms with van der Waals surface area (Å²) in [6, 6.07) is 2.95. The number of nitrogens with two attached hydrogens (primary N) is 2. The van der Waals surface area contributed by atoms with Crippen molar-refractivity contribution in [1.82, 2.24) is 4.98 Å². The molecular formula is C17H16F3N5O2S. The van der Waals surface area contributed by atoms with Gasteiger partial charge in [0.2, 0.25) is 0 Å². The number of nitrogens with zero attached hydrogens (tertiary/aromatic N) is 1. The largest absolute Gasteiger partial charge is 0.431 e. The van der Waals surface area contributed by atoms with Crippen molar-refractivity contribution in [1.29, 1.82) is 10.8 Å². The van der Waals surface area contributed by atoms with Crippen molar-refractivity contribution in [3.8, 4) is 0 Å². The number of sulfone groups is 1. The lowest BCUT2D eigenvalue weighted by Crippen LogP contribution is -2.25. The minimum Gasteiger partial charge on any atom is -0.398 e. The van der Waals surface area contributed by atoms with Crippen molar-refractivity contribution >= 4 is 44.4 Å². The summed E-state index contributed by atoms with van der Waals surface area (Å²) < 4.78 is 63.8. The maximum atomic E-state index is 13.2. The summed E-state index contributed by atoms with van der Waals surface area (Å²) in [5.41, 5.74) is 9.94. The highest BCUT2D eigenvalue weighted by Gasteiger charge is 2.36. The Kier molecular flexibility index (Phi) is 4.66. The van der Waals surface area contributed by atoms with Crippen LogP contribution in [-0.2, 0) is 22.0 Å². The molecule has 1 aromatic heterocycles. The van der Waals surface area contributed by atoms with E-state index in [1.165, 1.54) is 12.1 Å². The maximum Gasteiger partial charge on any atom is 0.431 e. The molecule has 2 heterocycles. The molecule has 3 rings (SSSR count). The van der Waals surface area contributed by atoms with Crippen LogP contribution in [0.1, 0.15) is 22.4 Å². The Labute approximate surface area is 158 Å². The van der Waals surface area contributed by atoms with Gasteiger partial charge in [-0.15, -0.1) is 0 Å². The lowest BCUT2D eigenvalue weighted by Gasteiger charge is -2.23. The Bertz CT molecular complexity index is 1150. The van der Waals surface area contributed by atoms with Crippen LogP contribution < -0.4 is 11.5 Å².